The Morgan fingerprint density at radius 2 is 2.14 bits per heavy atom. The fourth-order valence-corrected chi connectivity index (χ4v) is 4.66. The zero-order chi connectivity index (χ0) is 21.1. The molecule has 1 amide bonds. The zero-order valence-corrected chi connectivity index (χ0v) is 17.2. The van der Waals surface area contributed by atoms with Crippen LogP contribution in [-0.2, 0) is 11.3 Å². The fraction of sp³-hybridized carbons (Fsp3) is 0.737. The van der Waals surface area contributed by atoms with E-state index in [1.165, 1.54) is 18.6 Å². The molecule has 2 aliphatic carbocycles. The van der Waals surface area contributed by atoms with Crippen LogP contribution in [-0.4, -0.2) is 52.0 Å². The Balaban J connectivity index is 0.000000252. The maximum absolute atomic E-state index is 12.6. The number of nitriles is 1. The number of aromatic nitrogens is 2. The second-order valence-corrected chi connectivity index (χ2v) is 9.34. The highest BCUT2D eigenvalue weighted by atomic mass is 32.2. The van der Waals surface area contributed by atoms with E-state index in [4.69, 9.17) is 5.26 Å². The highest BCUT2D eigenvalue weighted by Gasteiger charge is 2.42. The average molecular weight is 430 g/mol. The van der Waals surface area contributed by atoms with Gasteiger partial charge in [0.25, 0.3) is 0 Å². The molecule has 0 aromatic carbocycles. The number of nitrogens with one attached hydrogen (secondary N) is 1. The second kappa shape index (κ2) is 8.86. The third-order valence-electron chi connectivity index (χ3n) is 5.24. The van der Waals surface area contributed by atoms with Crippen LogP contribution in [0.4, 0.5) is 19.0 Å². The van der Waals surface area contributed by atoms with E-state index in [2.05, 4.69) is 15.3 Å². The minimum absolute atomic E-state index is 0.470. The van der Waals surface area contributed by atoms with Gasteiger partial charge in [-0.3, -0.25) is 4.79 Å². The van der Waals surface area contributed by atoms with E-state index >= 15 is 0 Å². The molecular formula is C19H26F3N5OS. The lowest BCUT2D eigenvalue weighted by atomic mass is 10.3. The molecule has 10 heteroatoms. The number of nitrogens with zero attached hydrogens (tertiary/aromatic N) is 4. The van der Waals surface area contributed by atoms with Crippen LogP contribution < -0.4 is 10.2 Å². The van der Waals surface area contributed by atoms with E-state index in [-0.39, 0.29) is 0 Å². The lowest BCUT2D eigenvalue weighted by Crippen LogP contribution is -2.27. The van der Waals surface area contributed by atoms with Gasteiger partial charge >= 0.3 is 6.18 Å². The first-order valence-corrected chi connectivity index (χ1v) is 10.9. The number of anilines is 1. The van der Waals surface area contributed by atoms with Crippen molar-refractivity contribution in [3.05, 3.63) is 11.8 Å². The first-order valence-electron chi connectivity index (χ1n) is 9.84. The van der Waals surface area contributed by atoms with Crippen LogP contribution in [0.3, 0.4) is 0 Å². The van der Waals surface area contributed by atoms with Crippen LogP contribution in [0.25, 0.3) is 0 Å². The molecule has 1 N–H and O–H groups in total. The van der Waals surface area contributed by atoms with Crippen LogP contribution in [0, 0.1) is 24.2 Å². The number of rotatable bonds is 7. The Morgan fingerprint density at radius 3 is 2.66 bits per heavy atom. The van der Waals surface area contributed by atoms with Crippen LogP contribution in [0.1, 0.15) is 37.8 Å². The van der Waals surface area contributed by atoms with Crippen molar-refractivity contribution in [3.63, 3.8) is 0 Å². The van der Waals surface area contributed by atoms with Crippen molar-refractivity contribution in [1.82, 2.24) is 15.1 Å². The van der Waals surface area contributed by atoms with Gasteiger partial charge in [-0.2, -0.15) is 35.3 Å². The normalized spacial score (nSPS) is 22.4. The van der Waals surface area contributed by atoms with Gasteiger partial charge in [-0.25, -0.2) is 4.68 Å². The van der Waals surface area contributed by atoms with E-state index in [0.29, 0.717) is 23.2 Å². The number of hydrogen-bond donors (Lipinski definition) is 1. The lowest BCUT2D eigenvalue weighted by Gasteiger charge is -2.20. The smallest absolute Gasteiger partial charge is 0.356 e. The molecule has 1 aromatic heterocycles. The van der Waals surface area contributed by atoms with Crippen LogP contribution in [0.15, 0.2) is 6.07 Å². The Hall–Kier alpha value is -1.89. The van der Waals surface area contributed by atoms with Gasteiger partial charge in [-0.05, 0) is 50.7 Å². The van der Waals surface area contributed by atoms with Gasteiger partial charge in [0, 0.05) is 24.4 Å². The molecule has 0 spiro atoms. The molecule has 3 aliphatic rings. The number of thioether (sulfide) groups is 1. The van der Waals surface area contributed by atoms with Crippen molar-refractivity contribution in [3.8, 4) is 6.07 Å². The minimum Gasteiger partial charge on any atom is -0.356 e. The molecule has 2 saturated carbocycles. The molecule has 3 fully saturated rings. The lowest BCUT2D eigenvalue weighted by molar-refractivity contribution is -0.142. The summed E-state index contributed by atoms with van der Waals surface area (Å²) in [6.45, 7) is 2.39. The number of carbonyl (C=O) groups is 1. The van der Waals surface area contributed by atoms with Crippen LogP contribution >= 0.6 is 11.8 Å². The summed E-state index contributed by atoms with van der Waals surface area (Å²) in [4.78, 5) is 11.8. The molecule has 1 unspecified atom stereocenters. The fourth-order valence-electron chi connectivity index (χ4n) is 3.23. The first-order chi connectivity index (χ1) is 13.7. The van der Waals surface area contributed by atoms with E-state index in [1.54, 1.807) is 13.0 Å². The van der Waals surface area contributed by atoms with Gasteiger partial charge < -0.3 is 10.2 Å². The highest BCUT2D eigenvalue weighted by molar-refractivity contribution is 7.99. The standard InChI is InChI=1S/C14H20F3N3S.C5H6N2O/c1-10-6-13(20(18-10)9-14(15,16)17)19-5-4-12(7-19)21-8-11-2-3-11;6-3-5(1-2-5)7-4-8/h6,11-12H,2-5,7-9H2,1H3;4H,1-2H2,(H,7,8). The predicted octanol–water partition coefficient (Wildman–Crippen LogP) is 3.26. The first kappa shape index (κ1) is 21.8. The summed E-state index contributed by atoms with van der Waals surface area (Å²) in [7, 11) is 0. The second-order valence-electron chi connectivity index (χ2n) is 8.01. The number of halogens is 3. The monoisotopic (exact) mass is 429 g/mol. The minimum atomic E-state index is -4.23. The van der Waals surface area contributed by atoms with Crippen molar-refractivity contribution < 1.29 is 18.0 Å². The quantitative estimate of drug-likeness (QED) is 0.674. The van der Waals surface area contributed by atoms with E-state index in [9.17, 15) is 18.0 Å². The van der Waals surface area contributed by atoms with Crippen molar-refractivity contribution >= 4 is 24.0 Å². The highest BCUT2D eigenvalue weighted by Crippen LogP contribution is 2.36. The van der Waals surface area contributed by atoms with Gasteiger partial charge in [-0.15, -0.1) is 0 Å². The summed E-state index contributed by atoms with van der Waals surface area (Å²) in [5.41, 5.74) is 0.171. The molecule has 4 rings (SSSR count). The molecule has 6 nitrogen and oxygen atoms in total. The van der Waals surface area contributed by atoms with Crippen molar-refractivity contribution in [1.29, 1.82) is 5.26 Å². The number of hydrogen-bond acceptors (Lipinski definition) is 5. The summed E-state index contributed by atoms with van der Waals surface area (Å²) in [6, 6.07) is 3.77. The molecule has 1 aliphatic heterocycles. The number of aryl methyl sites for hydroxylation is 1. The summed E-state index contributed by atoms with van der Waals surface area (Å²) in [5.74, 6) is 2.71. The number of alkyl halides is 3. The molecule has 160 valence electrons. The Morgan fingerprint density at radius 1 is 1.41 bits per heavy atom. The summed E-state index contributed by atoms with van der Waals surface area (Å²) >= 11 is 1.99. The van der Waals surface area contributed by atoms with Gasteiger partial charge in [0.1, 0.15) is 17.9 Å². The third-order valence-corrected chi connectivity index (χ3v) is 6.76. The largest absolute Gasteiger partial charge is 0.408 e. The van der Waals surface area contributed by atoms with Gasteiger partial charge in [0.05, 0.1) is 11.8 Å². The van der Waals surface area contributed by atoms with E-state index < -0.39 is 18.3 Å². The Kier molecular flexibility index (Phi) is 6.66. The molecule has 29 heavy (non-hydrogen) atoms. The summed E-state index contributed by atoms with van der Waals surface area (Å²) in [5, 5.41) is 15.3. The van der Waals surface area contributed by atoms with Crippen molar-refractivity contribution in [2.24, 2.45) is 5.92 Å². The Bertz CT molecular complexity index is 752. The molecule has 1 aromatic rings. The molecule has 2 heterocycles. The van der Waals surface area contributed by atoms with Crippen molar-refractivity contribution in [2.75, 3.05) is 23.7 Å². The third kappa shape index (κ3) is 6.56. The molecular weight excluding hydrogens is 403 g/mol. The maximum atomic E-state index is 12.6. The molecule has 0 radical (unpaired) electrons. The Labute approximate surface area is 172 Å². The molecule has 0 bridgehead atoms. The van der Waals surface area contributed by atoms with Gasteiger partial charge in [-0.1, -0.05) is 0 Å². The van der Waals surface area contributed by atoms with Gasteiger partial charge in [0.2, 0.25) is 6.41 Å². The van der Waals surface area contributed by atoms with Gasteiger partial charge in [0.15, 0.2) is 0 Å². The topological polar surface area (TPSA) is 74.0 Å². The SMILES string of the molecule is Cc1cc(N2CCC(SCC3CC3)C2)n(CC(F)(F)F)n1.N#CC1(NC=O)CC1. The summed E-state index contributed by atoms with van der Waals surface area (Å²) < 4.78 is 39.0. The average Bonchev–Trinajstić information content (AvgIpc) is 3.55. The van der Waals surface area contributed by atoms with Crippen LogP contribution in [0.2, 0.25) is 0 Å². The zero-order valence-electron chi connectivity index (χ0n) is 16.4. The van der Waals surface area contributed by atoms with E-state index in [1.807, 2.05) is 17.8 Å². The number of amides is 1. The van der Waals surface area contributed by atoms with E-state index in [0.717, 1.165) is 43.0 Å². The van der Waals surface area contributed by atoms with Crippen molar-refractivity contribution in [2.45, 2.75) is 62.5 Å². The molecule has 1 saturated heterocycles. The molecule has 1 atom stereocenters. The van der Waals surface area contributed by atoms with Crippen LogP contribution in [0.5, 0.6) is 0 Å². The number of carbonyl (C=O) groups excluding carboxylic acids is 1. The maximum Gasteiger partial charge on any atom is 0.408 e. The predicted molar refractivity (Wildman–Crippen MR) is 106 cm³/mol. The summed E-state index contributed by atoms with van der Waals surface area (Å²) in [6.07, 6.45) is 1.71.